The van der Waals surface area contributed by atoms with Crippen LogP contribution in [-0.2, 0) is 9.59 Å². The Morgan fingerprint density at radius 2 is 2.12 bits per heavy atom. The van der Waals surface area contributed by atoms with E-state index in [0.29, 0.717) is 0 Å². The van der Waals surface area contributed by atoms with E-state index < -0.39 is 42.4 Å². The summed E-state index contributed by atoms with van der Waals surface area (Å²) >= 11 is 0. The summed E-state index contributed by atoms with van der Waals surface area (Å²) < 4.78 is 0. The molecule has 1 rings (SSSR count). The molecule has 0 radical (unpaired) electrons. The Morgan fingerprint density at radius 1 is 1.56 bits per heavy atom. The Bertz CT molecular complexity index is 309. The summed E-state index contributed by atoms with van der Waals surface area (Å²) in [5, 5.41) is 41.4. The first kappa shape index (κ1) is 12.8. The van der Waals surface area contributed by atoms with Gasteiger partial charge in [-0.25, -0.2) is 0 Å². The number of amides is 2. The van der Waals surface area contributed by atoms with E-state index in [1.165, 1.54) is 0 Å². The molecule has 6 N–H and O–H groups in total. The lowest BCUT2D eigenvalue weighted by molar-refractivity contribution is -0.195. The molecule has 0 aromatic heterocycles. The highest BCUT2D eigenvalue weighted by Gasteiger charge is 2.51. The third-order valence-corrected chi connectivity index (χ3v) is 2.38. The molecule has 2 amide bonds. The van der Waals surface area contributed by atoms with Crippen molar-refractivity contribution >= 4 is 11.8 Å². The monoisotopic (exact) mass is 234 g/mol. The molecule has 0 aliphatic carbocycles. The molecule has 8 heteroatoms. The van der Waals surface area contributed by atoms with Crippen LogP contribution in [0.25, 0.3) is 0 Å². The highest BCUT2D eigenvalue weighted by molar-refractivity contribution is 5.88. The number of aliphatic hydroxyl groups is 4. The summed E-state index contributed by atoms with van der Waals surface area (Å²) in [6, 6.07) is -1.36. The van der Waals surface area contributed by atoms with E-state index >= 15 is 0 Å². The maximum atomic E-state index is 11.4. The summed E-state index contributed by atoms with van der Waals surface area (Å²) in [4.78, 5) is 22.1. The smallest absolute Gasteiger partial charge is 0.247 e. The molecular weight excluding hydrogens is 220 g/mol. The van der Waals surface area contributed by atoms with Crippen molar-refractivity contribution in [3.8, 4) is 0 Å². The van der Waals surface area contributed by atoms with Crippen molar-refractivity contribution in [2.24, 2.45) is 0 Å². The van der Waals surface area contributed by atoms with E-state index in [2.05, 4.69) is 5.32 Å². The zero-order valence-electron chi connectivity index (χ0n) is 8.54. The maximum absolute atomic E-state index is 11.4. The van der Waals surface area contributed by atoms with Crippen molar-refractivity contribution in [3.05, 3.63) is 0 Å². The molecule has 0 aromatic carbocycles. The van der Waals surface area contributed by atoms with Gasteiger partial charge in [0.15, 0.2) is 5.72 Å². The average Bonchev–Trinajstić information content (AvgIpc) is 2.21. The van der Waals surface area contributed by atoms with Gasteiger partial charge in [-0.2, -0.15) is 0 Å². The van der Waals surface area contributed by atoms with E-state index in [-0.39, 0.29) is 0 Å². The van der Waals surface area contributed by atoms with Crippen molar-refractivity contribution in [1.82, 2.24) is 10.6 Å². The predicted molar refractivity (Wildman–Crippen MR) is 49.8 cm³/mol. The minimum Gasteiger partial charge on any atom is -0.391 e. The summed E-state index contributed by atoms with van der Waals surface area (Å²) in [7, 11) is 0. The number of hydrogen-bond donors (Lipinski definition) is 6. The van der Waals surface area contributed by atoms with Crippen LogP contribution >= 0.6 is 0 Å². The number of rotatable bonds is 2. The first-order valence-electron chi connectivity index (χ1n) is 4.60. The van der Waals surface area contributed by atoms with Crippen LogP contribution in [0.2, 0.25) is 0 Å². The van der Waals surface area contributed by atoms with E-state index in [1.54, 1.807) is 0 Å². The number of carbonyl (C=O) groups excluding carboxylic acids is 2. The molecule has 0 aromatic rings. The lowest BCUT2D eigenvalue weighted by Gasteiger charge is -2.42. The molecule has 16 heavy (non-hydrogen) atoms. The Balaban J connectivity index is 2.88. The first-order chi connectivity index (χ1) is 7.31. The van der Waals surface area contributed by atoms with Crippen LogP contribution in [0.5, 0.6) is 0 Å². The first-order valence-corrected chi connectivity index (χ1v) is 4.60. The quantitative estimate of drug-likeness (QED) is 0.288. The second-order valence-corrected chi connectivity index (χ2v) is 3.69. The molecule has 1 aliphatic heterocycles. The van der Waals surface area contributed by atoms with Crippen molar-refractivity contribution in [3.63, 3.8) is 0 Å². The summed E-state index contributed by atoms with van der Waals surface area (Å²) in [6.45, 7) is 0.184. The molecule has 92 valence electrons. The molecule has 1 aliphatic rings. The van der Waals surface area contributed by atoms with Gasteiger partial charge in [0, 0.05) is 6.92 Å². The molecule has 1 saturated heterocycles. The Labute approximate surface area is 90.9 Å². The molecule has 0 bridgehead atoms. The van der Waals surface area contributed by atoms with E-state index in [1.807, 2.05) is 5.32 Å². The van der Waals surface area contributed by atoms with Gasteiger partial charge in [-0.15, -0.1) is 0 Å². The molecular formula is C8H14N2O6. The highest BCUT2D eigenvalue weighted by Crippen LogP contribution is 2.18. The molecule has 0 saturated carbocycles. The van der Waals surface area contributed by atoms with Gasteiger partial charge in [0.1, 0.15) is 18.2 Å². The number of aliphatic hydroxyl groups excluding tert-OH is 3. The molecule has 0 spiro atoms. The van der Waals surface area contributed by atoms with Gasteiger partial charge >= 0.3 is 0 Å². The predicted octanol–water partition coefficient (Wildman–Crippen LogP) is -3.98. The van der Waals surface area contributed by atoms with E-state index in [0.717, 1.165) is 6.92 Å². The van der Waals surface area contributed by atoms with Crippen molar-refractivity contribution in [2.75, 3.05) is 6.61 Å². The average molecular weight is 234 g/mol. The van der Waals surface area contributed by atoms with Crippen LogP contribution in [-0.4, -0.2) is 62.8 Å². The second-order valence-electron chi connectivity index (χ2n) is 3.69. The van der Waals surface area contributed by atoms with Crippen LogP contribution in [0, 0.1) is 0 Å². The van der Waals surface area contributed by atoms with Gasteiger partial charge in [-0.05, 0) is 0 Å². The van der Waals surface area contributed by atoms with Crippen LogP contribution < -0.4 is 10.6 Å². The van der Waals surface area contributed by atoms with Crippen molar-refractivity contribution < 1.29 is 30.0 Å². The standard InChI is InChI=1S/C8H14N2O6/c1-3(12)9-4-5(13)6(14)8(16,2-11)10-7(4)15/h4-6,11,13-14,16H,2H2,1H3,(H,9,12)(H,10,15)/t4-,5?,6-,8?/m0/s1. The Kier molecular flexibility index (Phi) is 3.48. The lowest BCUT2D eigenvalue weighted by atomic mass is 9.91. The minimum absolute atomic E-state index is 0.569. The Morgan fingerprint density at radius 3 is 2.56 bits per heavy atom. The van der Waals surface area contributed by atoms with Crippen molar-refractivity contribution in [1.29, 1.82) is 0 Å². The fourth-order valence-electron chi connectivity index (χ4n) is 1.49. The fourth-order valence-corrected chi connectivity index (χ4v) is 1.49. The van der Waals surface area contributed by atoms with E-state index in [4.69, 9.17) is 5.11 Å². The molecule has 2 unspecified atom stereocenters. The molecule has 8 nitrogen and oxygen atoms in total. The fraction of sp³-hybridized carbons (Fsp3) is 0.750. The summed E-state index contributed by atoms with van der Waals surface area (Å²) in [6.07, 6.45) is -3.50. The Hall–Kier alpha value is -1.22. The lowest BCUT2D eigenvalue weighted by Crippen LogP contribution is -2.74. The molecule has 1 fully saturated rings. The van der Waals surface area contributed by atoms with Gasteiger partial charge in [-0.1, -0.05) is 0 Å². The number of piperidine rings is 1. The topological polar surface area (TPSA) is 139 Å². The second kappa shape index (κ2) is 4.34. The summed E-state index contributed by atoms with van der Waals surface area (Å²) in [5.74, 6) is -1.45. The third kappa shape index (κ3) is 2.14. The van der Waals surface area contributed by atoms with Gasteiger partial charge in [-0.3, -0.25) is 9.59 Å². The van der Waals surface area contributed by atoms with Gasteiger partial charge in [0.05, 0.1) is 6.61 Å². The van der Waals surface area contributed by atoms with Gasteiger partial charge in [0.25, 0.3) is 0 Å². The number of carbonyl (C=O) groups is 2. The van der Waals surface area contributed by atoms with E-state index in [9.17, 15) is 24.9 Å². The van der Waals surface area contributed by atoms with Crippen LogP contribution in [0.3, 0.4) is 0 Å². The minimum atomic E-state index is -2.30. The summed E-state index contributed by atoms with van der Waals surface area (Å²) in [5.41, 5.74) is -2.30. The van der Waals surface area contributed by atoms with Crippen LogP contribution in [0.4, 0.5) is 0 Å². The van der Waals surface area contributed by atoms with Crippen molar-refractivity contribution in [2.45, 2.75) is 30.9 Å². The maximum Gasteiger partial charge on any atom is 0.247 e. The molecule has 4 atom stereocenters. The van der Waals surface area contributed by atoms with Gasteiger partial charge in [0.2, 0.25) is 11.8 Å². The zero-order valence-corrected chi connectivity index (χ0v) is 8.54. The normalized spacial score (nSPS) is 39.1. The SMILES string of the molecule is CC(=O)N[C@@H]1C(=O)NC(O)(CO)[C@@H](O)C1O. The largest absolute Gasteiger partial charge is 0.391 e. The number of hydrogen-bond acceptors (Lipinski definition) is 6. The van der Waals surface area contributed by atoms with Gasteiger partial charge < -0.3 is 31.1 Å². The highest BCUT2D eigenvalue weighted by atomic mass is 16.4. The molecule has 1 heterocycles. The number of nitrogens with one attached hydrogen (secondary N) is 2. The van der Waals surface area contributed by atoms with Crippen LogP contribution in [0.15, 0.2) is 0 Å². The zero-order chi connectivity index (χ0) is 12.5. The van der Waals surface area contributed by atoms with Crippen LogP contribution in [0.1, 0.15) is 6.92 Å². The third-order valence-electron chi connectivity index (χ3n) is 2.38.